The number of hydrogen-bond donors (Lipinski definition) is 1. The summed E-state index contributed by atoms with van der Waals surface area (Å²) in [6.45, 7) is 2.64. The second kappa shape index (κ2) is 9.78. The van der Waals surface area contributed by atoms with Gasteiger partial charge in [0.25, 0.3) is 0 Å². The van der Waals surface area contributed by atoms with E-state index in [1.165, 1.54) is 31.0 Å². The van der Waals surface area contributed by atoms with Crippen LogP contribution in [0, 0.1) is 0 Å². The van der Waals surface area contributed by atoms with E-state index >= 15 is 0 Å². The summed E-state index contributed by atoms with van der Waals surface area (Å²) >= 11 is 7.33. The Morgan fingerprint density at radius 3 is 2.62 bits per heavy atom. The van der Waals surface area contributed by atoms with E-state index in [-0.39, 0.29) is 5.91 Å². The average molecular weight is 391 g/mol. The Morgan fingerprint density at radius 2 is 1.85 bits per heavy atom. The van der Waals surface area contributed by atoms with Crippen LogP contribution in [0.2, 0.25) is 5.02 Å². The van der Waals surface area contributed by atoms with E-state index in [1.807, 2.05) is 24.3 Å². The largest absolute Gasteiger partial charge is 0.355 e. The minimum absolute atomic E-state index is 0.0132. The Labute approximate surface area is 163 Å². The lowest BCUT2D eigenvalue weighted by Gasteiger charge is -2.28. The number of carbonyl (C=O) groups is 1. The van der Waals surface area contributed by atoms with E-state index in [9.17, 15) is 4.79 Å². The van der Waals surface area contributed by atoms with Crippen LogP contribution in [0.15, 0.2) is 41.7 Å². The fourth-order valence-electron chi connectivity index (χ4n) is 2.92. The summed E-state index contributed by atoms with van der Waals surface area (Å²) in [4.78, 5) is 23.3. The normalized spacial score (nSPS) is 14.3. The second-order valence-electron chi connectivity index (χ2n) is 6.25. The molecule has 2 aromatic rings. The molecule has 138 valence electrons. The molecule has 1 fully saturated rings. The van der Waals surface area contributed by atoms with Crippen molar-refractivity contribution in [3.8, 4) is 0 Å². The van der Waals surface area contributed by atoms with Crippen molar-refractivity contribution in [2.24, 2.45) is 0 Å². The molecule has 0 saturated carbocycles. The summed E-state index contributed by atoms with van der Waals surface area (Å²) in [5.74, 6) is 1.27. The van der Waals surface area contributed by atoms with Gasteiger partial charge in [-0.3, -0.25) is 4.79 Å². The van der Waals surface area contributed by atoms with Crippen LogP contribution < -0.4 is 10.2 Å². The number of nitrogens with zero attached hydrogens (tertiary/aromatic N) is 3. The minimum atomic E-state index is 0.0132. The molecular formula is C19H23ClN4OS. The molecule has 1 aliphatic heterocycles. The van der Waals surface area contributed by atoms with Gasteiger partial charge in [-0.1, -0.05) is 35.5 Å². The van der Waals surface area contributed by atoms with Gasteiger partial charge in [0.15, 0.2) is 5.82 Å². The van der Waals surface area contributed by atoms with E-state index in [0.29, 0.717) is 12.3 Å². The summed E-state index contributed by atoms with van der Waals surface area (Å²) < 4.78 is 0. The first kappa shape index (κ1) is 19.0. The molecule has 7 heteroatoms. The van der Waals surface area contributed by atoms with Crippen LogP contribution in [0.25, 0.3) is 0 Å². The number of hydrogen-bond acceptors (Lipinski definition) is 5. The lowest BCUT2D eigenvalue weighted by Crippen LogP contribution is -2.31. The van der Waals surface area contributed by atoms with Crippen molar-refractivity contribution in [2.45, 2.75) is 30.7 Å². The molecule has 1 amide bonds. The average Bonchev–Trinajstić information content (AvgIpc) is 2.69. The number of amides is 1. The fraction of sp³-hybridized carbons (Fsp3) is 0.421. The molecule has 5 nitrogen and oxygen atoms in total. The highest BCUT2D eigenvalue weighted by Gasteiger charge is 2.17. The SMILES string of the molecule is O=C(CSc1nccnc1N1CCCCC1)NCCc1ccc(Cl)cc1. The first-order chi connectivity index (χ1) is 12.7. The predicted octanol–water partition coefficient (Wildman–Crippen LogP) is 3.57. The highest BCUT2D eigenvalue weighted by Crippen LogP contribution is 2.27. The summed E-state index contributed by atoms with van der Waals surface area (Å²) in [5.41, 5.74) is 1.16. The molecule has 2 heterocycles. The van der Waals surface area contributed by atoms with E-state index in [0.717, 1.165) is 40.9 Å². The number of anilines is 1. The fourth-order valence-corrected chi connectivity index (χ4v) is 3.87. The topological polar surface area (TPSA) is 58.1 Å². The van der Waals surface area contributed by atoms with Gasteiger partial charge in [-0.15, -0.1) is 0 Å². The van der Waals surface area contributed by atoms with Crippen molar-refractivity contribution in [3.05, 3.63) is 47.2 Å². The van der Waals surface area contributed by atoms with Crippen LogP contribution in [0.4, 0.5) is 5.82 Å². The zero-order valence-corrected chi connectivity index (χ0v) is 16.2. The first-order valence-electron chi connectivity index (χ1n) is 8.92. The number of benzene rings is 1. The summed E-state index contributed by atoms with van der Waals surface area (Å²) in [7, 11) is 0. The predicted molar refractivity (Wildman–Crippen MR) is 107 cm³/mol. The van der Waals surface area contributed by atoms with E-state index < -0.39 is 0 Å². The maximum Gasteiger partial charge on any atom is 0.230 e. The minimum Gasteiger partial charge on any atom is -0.355 e. The standard InChI is InChI=1S/C19H23ClN4OS/c20-16-6-4-15(5-7-16)8-9-21-17(25)14-26-19-18(22-10-11-23-19)24-12-2-1-3-13-24/h4-7,10-11H,1-3,8-9,12-14H2,(H,21,25). The van der Waals surface area contributed by atoms with Gasteiger partial charge in [0.2, 0.25) is 5.91 Å². The van der Waals surface area contributed by atoms with E-state index in [4.69, 9.17) is 11.6 Å². The third kappa shape index (κ3) is 5.61. The number of thioether (sulfide) groups is 1. The van der Waals surface area contributed by atoms with Gasteiger partial charge in [0, 0.05) is 37.1 Å². The van der Waals surface area contributed by atoms with Crippen LogP contribution in [0.5, 0.6) is 0 Å². The lowest BCUT2D eigenvalue weighted by atomic mass is 10.1. The third-order valence-electron chi connectivity index (χ3n) is 4.29. The summed E-state index contributed by atoms with van der Waals surface area (Å²) in [6, 6.07) is 7.69. The van der Waals surface area contributed by atoms with Gasteiger partial charge in [0.1, 0.15) is 5.03 Å². The van der Waals surface area contributed by atoms with Gasteiger partial charge in [0.05, 0.1) is 5.75 Å². The second-order valence-corrected chi connectivity index (χ2v) is 7.65. The third-order valence-corrected chi connectivity index (χ3v) is 5.51. The number of piperidine rings is 1. The molecule has 1 saturated heterocycles. The first-order valence-corrected chi connectivity index (χ1v) is 10.3. The number of carbonyl (C=O) groups excluding carboxylic acids is 1. The Balaban J connectivity index is 1.46. The molecule has 1 N–H and O–H groups in total. The monoisotopic (exact) mass is 390 g/mol. The quantitative estimate of drug-likeness (QED) is 0.732. The lowest BCUT2D eigenvalue weighted by molar-refractivity contribution is -0.118. The Hall–Kier alpha value is -1.79. The molecule has 26 heavy (non-hydrogen) atoms. The van der Waals surface area contributed by atoms with E-state index in [1.54, 1.807) is 12.4 Å². The molecule has 0 aliphatic carbocycles. The zero-order valence-electron chi connectivity index (χ0n) is 14.7. The van der Waals surface area contributed by atoms with Crippen molar-refractivity contribution < 1.29 is 4.79 Å². The smallest absolute Gasteiger partial charge is 0.230 e. The molecule has 1 aromatic heterocycles. The van der Waals surface area contributed by atoms with Crippen LogP contribution in [-0.2, 0) is 11.2 Å². The number of rotatable bonds is 7. The van der Waals surface area contributed by atoms with Gasteiger partial charge >= 0.3 is 0 Å². The maximum absolute atomic E-state index is 12.1. The van der Waals surface area contributed by atoms with Crippen molar-refractivity contribution in [1.82, 2.24) is 15.3 Å². The van der Waals surface area contributed by atoms with E-state index in [2.05, 4.69) is 20.2 Å². The Morgan fingerprint density at radius 1 is 1.12 bits per heavy atom. The molecule has 0 spiro atoms. The maximum atomic E-state index is 12.1. The number of nitrogens with one attached hydrogen (secondary N) is 1. The van der Waals surface area contributed by atoms with Gasteiger partial charge < -0.3 is 10.2 Å². The van der Waals surface area contributed by atoms with Crippen LogP contribution >= 0.6 is 23.4 Å². The molecule has 1 aliphatic rings. The number of halogens is 1. The molecular weight excluding hydrogens is 368 g/mol. The highest BCUT2D eigenvalue weighted by atomic mass is 35.5. The van der Waals surface area contributed by atoms with Gasteiger partial charge in [-0.25, -0.2) is 9.97 Å². The Bertz CT molecular complexity index is 720. The molecule has 0 atom stereocenters. The van der Waals surface area contributed by atoms with Gasteiger partial charge in [-0.2, -0.15) is 0 Å². The summed E-state index contributed by atoms with van der Waals surface area (Å²) in [6.07, 6.45) is 7.85. The molecule has 1 aromatic carbocycles. The van der Waals surface area contributed by atoms with Crippen molar-refractivity contribution in [2.75, 3.05) is 30.3 Å². The summed E-state index contributed by atoms with van der Waals surface area (Å²) in [5, 5.41) is 4.52. The molecule has 0 bridgehead atoms. The zero-order chi connectivity index (χ0) is 18.2. The Kier molecular flexibility index (Phi) is 7.14. The van der Waals surface area contributed by atoms with Crippen LogP contribution in [0.3, 0.4) is 0 Å². The molecule has 0 radical (unpaired) electrons. The van der Waals surface area contributed by atoms with Crippen molar-refractivity contribution in [1.29, 1.82) is 0 Å². The molecule has 0 unspecified atom stereocenters. The van der Waals surface area contributed by atoms with Crippen LogP contribution in [0.1, 0.15) is 24.8 Å². The van der Waals surface area contributed by atoms with Crippen molar-refractivity contribution >= 4 is 35.1 Å². The van der Waals surface area contributed by atoms with Crippen molar-refractivity contribution in [3.63, 3.8) is 0 Å². The number of aromatic nitrogens is 2. The van der Waals surface area contributed by atoms with Crippen LogP contribution in [-0.4, -0.2) is 41.3 Å². The van der Waals surface area contributed by atoms with Gasteiger partial charge in [-0.05, 0) is 43.4 Å². The molecule has 3 rings (SSSR count). The highest BCUT2D eigenvalue weighted by molar-refractivity contribution is 8.00.